The summed E-state index contributed by atoms with van der Waals surface area (Å²) in [6, 6.07) is 11.6. The number of nitrogens with zero attached hydrogens (tertiary/aromatic N) is 4. The molecule has 1 aromatic carbocycles. The van der Waals surface area contributed by atoms with E-state index in [-0.39, 0.29) is 11.8 Å². The lowest BCUT2D eigenvalue weighted by atomic mass is 10.1. The molecule has 3 aromatic rings. The molecule has 1 atom stereocenters. The second-order valence-corrected chi connectivity index (χ2v) is 6.37. The molecule has 25 heavy (non-hydrogen) atoms. The van der Waals surface area contributed by atoms with E-state index in [1.54, 1.807) is 6.20 Å². The second kappa shape index (κ2) is 6.12. The molecule has 0 aliphatic carbocycles. The summed E-state index contributed by atoms with van der Waals surface area (Å²) in [6.07, 6.45) is 2.06. The average molecular weight is 334 g/mol. The number of aryl methyl sites for hydroxylation is 2. The zero-order valence-corrected chi connectivity index (χ0v) is 14.1. The molecule has 0 spiro atoms. The number of hydrogen-bond acceptors (Lipinski definition) is 5. The Labute approximate surface area is 145 Å². The van der Waals surface area contributed by atoms with Crippen molar-refractivity contribution < 1.29 is 9.32 Å². The van der Waals surface area contributed by atoms with Crippen LogP contribution < -0.4 is 4.90 Å². The van der Waals surface area contributed by atoms with Crippen LogP contribution in [0.15, 0.2) is 47.1 Å². The summed E-state index contributed by atoms with van der Waals surface area (Å²) in [4.78, 5) is 23.0. The lowest BCUT2D eigenvalue weighted by Gasteiger charge is -2.19. The van der Waals surface area contributed by atoms with Gasteiger partial charge < -0.3 is 9.42 Å². The van der Waals surface area contributed by atoms with Gasteiger partial charge in [0.25, 0.3) is 0 Å². The van der Waals surface area contributed by atoms with Gasteiger partial charge in [0.05, 0.1) is 5.92 Å². The van der Waals surface area contributed by atoms with E-state index in [1.807, 2.05) is 49.1 Å². The molecule has 126 valence electrons. The first kappa shape index (κ1) is 15.5. The maximum atomic E-state index is 12.5. The van der Waals surface area contributed by atoms with Crippen molar-refractivity contribution in [2.45, 2.75) is 26.2 Å². The van der Waals surface area contributed by atoms with Gasteiger partial charge in [0.2, 0.25) is 17.6 Å². The normalized spacial score (nSPS) is 17.3. The minimum Gasteiger partial charge on any atom is -0.339 e. The molecule has 1 aliphatic rings. The zero-order chi connectivity index (χ0) is 17.4. The van der Waals surface area contributed by atoms with Gasteiger partial charge in [0.15, 0.2) is 0 Å². The lowest BCUT2D eigenvalue weighted by Crippen LogP contribution is -2.25. The predicted octanol–water partition coefficient (Wildman–Crippen LogP) is 3.27. The van der Waals surface area contributed by atoms with Gasteiger partial charge in [-0.3, -0.25) is 9.78 Å². The summed E-state index contributed by atoms with van der Waals surface area (Å²) in [5.74, 6) is 0.919. The first-order valence-electron chi connectivity index (χ1n) is 8.24. The fourth-order valence-corrected chi connectivity index (χ4v) is 3.21. The summed E-state index contributed by atoms with van der Waals surface area (Å²) in [5, 5.41) is 4.00. The lowest BCUT2D eigenvalue weighted by molar-refractivity contribution is -0.117. The Bertz CT molecular complexity index is 920. The Kier molecular flexibility index (Phi) is 3.80. The number of benzene rings is 1. The first-order valence-corrected chi connectivity index (χ1v) is 8.24. The van der Waals surface area contributed by atoms with Crippen molar-refractivity contribution in [1.82, 2.24) is 15.1 Å². The van der Waals surface area contributed by atoms with Gasteiger partial charge in [-0.1, -0.05) is 28.9 Å². The van der Waals surface area contributed by atoms with Crippen LogP contribution in [0.4, 0.5) is 5.69 Å². The van der Waals surface area contributed by atoms with Gasteiger partial charge in [-0.25, -0.2) is 0 Å². The fourth-order valence-electron chi connectivity index (χ4n) is 3.21. The molecule has 3 heterocycles. The Morgan fingerprint density at radius 3 is 2.84 bits per heavy atom. The average Bonchev–Trinajstić information content (AvgIpc) is 3.23. The molecule has 0 N–H and O–H groups in total. The summed E-state index contributed by atoms with van der Waals surface area (Å²) in [5.41, 5.74) is 3.88. The highest BCUT2D eigenvalue weighted by atomic mass is 16.5. The summed E-state index contributed by atoms with van der Waals surface area (Å²) < 4.78 is 5.40. The monoisotopic (exact) mass is 334 g/mol. The molecule has 1 aliphatic heterocycles. The molecule has 1 amide bonds. The van der Waals surface area contributed by atoms with Crippen LogP contribution >= 0.6 is 0 Å². The number of anilines is 1. The van der Waals surface area contributed by atoms with Crippen LogP contribution in [0.3, 0.4) is 0 Å². The third kappa shape index (κ3) is 2.91. The Morgan fingerprint density at radius 1 is 1.20 bits per heavy atom. The van der Waals surface area contributed by atoms with Crippen molar-refractivity contribution in [3.05, 3.63) is 59.6 Å². The predicted molar refractivity (Wildman–Crippen MR) is 93.2 cm³/mol. The molecule has 2 aromatic heterocycles. The smallest absolute Gasteiger partial charge is 0.232 e. The number of hydrogen-bond donors (Lipinski definition) is 0. The number of rotatable bonds is 3. The Hall–Kier alpha value is -3.02. The van der Waals surface area contributed by atoms with Crippen LogP contribution in [0.2, 0.25) is 0 Å². The maximum absolute atomic E-state index is 12.5. The van der Waals surface area contributed by atoms with Crippen molar-refractivity contribution in [2.24, 2.45) is 0 Å². The maximum Gasteiger partial charge on any atom is 0.232 e. The van der Waals surface area contributed by atoms with E-state index in [1.165, 1.54) is 5.56 Å². The highest BCUT2D eigenvalue weighted by Crippen LogP contribution is 2.33. The minimum absolute atomic E-state index is 0.0783. The van der Waals surface area contributed by atoms with E-state index in [9.17, 15) is 4.79 Å². The van der Waals surface area contributed by atoms with Gasteiger partial charge >= 0.3 is 0 Å². The van der Waals surface area contributed by atoms with E-state index in [0.717, 1.165) is 11.3 Å². The van der Waals surface area contributed by atoms with Gasteiger partial charge in [-0.15, -0.1) is 0 Å². The summed E-state index contributed by atoms with van der Waals surface area (Å²) in [7, 11) is 0. The molecule has 1 unspecified atom stereocenters. The molecule has 6 nitrogen and oxygen atoms in total. The van der Waals surface area contributed by atoms with Gasteiger partial charge in [-0.05, 0) is 37.6 Å². The van der Waals surface area contributed by atoms with E-state index in [2.05, 4.69) is 21.2 Å². The van der Waals surface area contributed by atoms with Crippen molar-refractivity contribution in [3.63, 3.8) is 0 Å². The van der Waals surface area contributed by atoms with Gasteiger partial charge in [0.1, 0.15) is 5.69 Å². The molecule has 4 rings (SSSR count). The van der Waals surface area contributed by atoms with E-state index >= 15 is 0 Å². The van der Waals surface area contributed by atoms with Gasteiger partial charge in [-0.2, -0.15) is 4.98 Å². The van der Waals surface area contributed by atoms with E-state index in [4.69, 9.17) is 4.52 Å². The fraction of sp³-hybridized carbons (Fsp3) is 0.263. The SMILES string of the molecule is Cc1ccc(N2CC(c3nc(-c4ccccn4)no3)CC2=O)c(C)c1. The van der Waals surface area contributed by atoms with Gasteiger partial charge in [0, 0.05) is 24.8 Å². The first-order chi connectivity index (χ1) is 12.1. The quantitative estimate of drug-likeness (QED) is 0.735. The Morgan fingerprint density at radius 2 is 2.08 bits per heavy atom. The number of aromatic nitrogens is 3. The summed E-state index contributed by atoms with van der Waals surface area (Å²) >= 11 is 0. The zero-order valence-electron chi connectivity index (χ0n) is 14.1. The largest absolute Gasteiger partial charge is 0.339 e. The van der Waals surface area contributed by atoms with Crippen LogP contribution in [0.1, 0.15) is 29.4 Å². The molecule has 1 saturated heterocycles. The number of carbonyl (C=O) groups excluding carboxylic acids is 1. The van der Waals surface area contributed by atoms with Crippen LogP contribution in [-0.2, 0) is 4.79 Å². The van der Waals surface area contributed by atoms with Crippen molar-refractivity contribution in [1.29, 1.82) is 0 Å². The van der Waals surface area contributed by atoms with E-state index < -0.39 is 0 Å². The van der Waals surface area contributed by atoms with Crippen molar-refractivity contribution in [2.75, 3.05) is 11.4 Å². The molecular weight excluding hydrogens is 316 g/mol. The second-order valence-electron chi connectivity index (χ2n) is 6.37. The van der Waals surface area contributed by atoms with Crippen molar-refractivity contribution in [3.8, 4) is 11.5 Å². The standard InChI is InChI=1S/C19H18N4O2/c1-12-6-7-16(13(2)9-12)23-11-14(10-17(23)24)19-21-18(22-25-19)15-5-3-4-8-20-15/h3-9,14H,10-11H2,1-2H3. The van der Waals surface area contributed by atoms with Crippen molar-refractivity contribution >= 4 is 11.6 Å². The third-order valence-corrected chi connectivity index (χ3v) is 4.45. The molecule has 1 fully saturated rings. The molecule has 0 bridgehead atoms. The van der Waals surface area contributed by atoms with E-state index in [0.29, 0.717) is 30.4 Å². The third-order valence-electron chi connectivity index (χ3n) is 4.45. The van der Waals surface area contributed by atoms with Crippen LogP contribution in [0.5, 0.6) is 0 Å². The number of amides is 1. The molecular formula is C19H18N4O2. The van der Waals surface area contributed by atoms with Crippen LogP contribution in [0.25, 0.3) is 11.5 Å². The van der Waals surface area contributed by atoms with Crippen LogP contribution in [0, 0.1) is 13.8 Å². The number of pyridine rings is 1. The topological polar surface area (TPSA) is 72.1 Å². The highest BCUT2D eigenvalue weighted by molar-refractivity contribution is 5.97. The van der Waals surface area contributed by atoms with Crippen LogP contribution in [-0.4, -0.2) is 27.6 Å². The summed E-state index contributed by atoms with van der Waals surface area (Å²) in [6.45, 7) is 4.62. The minimum atomic E-state index is -0.0989. The number of carbonyl (C=O) groups is 1. The molecule has 0 radical (unpaired) electrons. The highest BCUT2D eigenvalue weighted by Gasteiger charge is 2.35. The molecule has 6 heteroatoms. The molecule has 0 saturated carbocycles. The Balaban J connectivity index is 1.57.